The number of hydrogen-bond donors (Lipinski definition) is 1. The van der Waals surface area contributed by atoms with Crippen molar-refractivity contribution < 1.29 is 8.42 Å². The predicted molar refractivity (Wildman–Crippen MR) is 90.9 cm³/mol. The fraction of sp³-hybridized carbons (Fsp3) is 0.600. The molecule has 0 fully saturated rings. The standard InChI is InChI=1S/C15H25BrN2O2S/c1-6-11(2)10-18(5)21(19,20)14-8-13(9-17-4)7-12(3)15(14)16/h7-8,11,17H,6,9-10H2,1-5H3. The van der Waals surface area contributed by atoms with Crippen LogP contribution in [0, 0.1) is 12.8 Å². The molecule has 1 N–H and O–H groups in total. The van der Waals surface area contributed by atoms with Gasteiger partial charge in [0.1, 0.15) is 0 Å². The van der Waals surface area contributed by atoms with Gasteiger partial charge < -0.3 is 5.32 Å². The van der Waals surface area contributed by atoms with Crippen molar-refractivity contribution in [3.63, 3.8) is 0 Å². The molecule has 4 nitrogen and oxygen atoms in total. The molecule has 0 aliphatic rings. The normalized spacial score (nSPS) is 13.7. The van der Waals surface area contributed by atoms with Crippen LogP contribution in [0.15, 0.2) is 21.5 Å². The molecule has 1 aromatic rings. The zero-order chi connectivity index (χ0) is 16.2. The van der Waals surface area contributed by atoms with Gasteiger partial charge in [-0.25, -0.2) is 12.7 Å². The van der Waals surface area contributed by atoms with Crippen molar-refractivity contribution >= 4 is 26.0 Å². The summed E-state index contributed by atoms with van der Waals surface area (Å²) in [6, 6.07) is 3.74. The third-order valence-electron chi connectivity index (χ3n) is 3.62. The number of halogens is 1. The minimum absolute atomic E-state index is 0.338. The molecule has 0 aliphatic heterocycles. The van der Waals surface area contributed by atoms with E-state index in [0.717, 1.165) is 17.5 Å². The minimum Gasteiger partial charge on any atom is -0.316 e. The summed E-state index contributed by atoms with van der Waals surface area (Å²) in [7, 11) is 0.0152. The number of nitrogens with zero attached hydrogens (tertiary/aromatic N) is 1. The molecule has 21 heavy (non-hydrogen) atoms. The Hall–Kier alpha value is -0.430. The molecule has 0 bridgehead atoms. The van der Waals surface area contributed by atoms with E-state index >= 15 is 0 Å². The molecule has 1 atom stereocenters. The Morgan fingerprint density at radius 2 is 2.00 bits per heavy atom. The number of aryl methyl sites for hydroxylation is 1. The van der Waals surface area contributed by atoms with Crippen LogP contribution in [0.2, 0.25) is 0 Å². The van der Waals surface area contributed by atoms with Gasteiger partial charge in [-0.2, -0.15) is 0 Å². The van der Waals surface area contributed by atoms with Gasteiger partial charge in [0, 0.05) is 24.6 Å². The summed E-state index contributed by atoms with van der Waals surface area (Å²) in [6.45, 7) is 7.21. The number of nitrogens with one attached hydrogen (secondary N) is 1. The van der Waals surface area contributed by atoms with Gasteiger partial charge >= 0.3 is 0 Å². The van der Waals surface area contributed by atoms with Crippen LogP contribution >= 0.6 is 15.9 Å². The Kier molecular flexibility index (Phi) is 6.84. The van der Waals surface area contributed by atoms with Gasteiger partial charge in [0.05, 0.1) is 4.90 Å². The molecule has 0 radical (unpaired) electrons. The first-order valence-corrected chi connectivity index (χ1v) is 9.37. The third-order valence-corrected chi connectivity index (χ3v) is 6.78. The molecule has 0 saturated carbocycles. The van der Waals surface area contributed by atoms with Gasteiger partial charge in [0.2, 0.25) is 10.0 Å². The van der Waals surface area contributed by atoms with E-state index in [1.807, 2.05) is 20.0 Å². The van der Waals surface area contributed by atoms with Gasteiger partial charge in [0.25, 0.3) is 0 Å². The molecule has 120 valence electrons. The summed E-state index contributed by atoms with van der Waals surface area (Å²) in [5, 5.41) is 3.06. The van der Waals surface area contributed by atoms with Crippen LogP contribution in [-0.4, -0.2) is 33.4 Å². The molecule has 1 rings (SSSR count). The molecular formula is C15H25BrN2O2S. The van der Waals surface area contributed by atoms with E-state index in [9.17, 15) is 8.42 Å². The van der Waals surface area contributed by atoms with Gasteiger partial charge in [-0.05, 0) is 53.0 Å². The van der Waals surface area contributed by atoms with Crippen LogP contribution in [0.4, 0.5) is 0 Å². The van der Waals surface area contributed by atoms with Crippen LogP contribution in [0.1, 0.15) is 31.4 Å². The number of hydrogen-bond acceptors (Lipinski definition) is 3. The lowest BCUT2D eigenvalue weighted by Crippen LogP contribution is -2.31. The SMILES string of the molecule is CCC(C)CN(C)S(=O)(=O)c1cc(CNC)cc(C)c1Br. The highest BCUT2D eigenvalue weighted by Gasteiger charge is 2.25. The van der Waals surface area contributed by atoms with Crippen molar-refractivity contribution in [2.75, 3.05) is 20.6 Å². The van der Waals surface area contributed by atoms with Crippen molar-refractivity contribution in [2.45, 2.75) is 38.6 Å². The summed E-state index contributed by atoms with van der Waals surface area (Å²) in [5.41, 5.74) is 1.90. The zero-order valence-electron chi connectivity index (χ0n) is 13.4. The smallest absolute Gasteiger partial charge is 0.243 e. The third kappa shape index (κ3) is 4.52. The maximum Gasteiger partial charge on any atom is 0.243 e. The number of benzene rings is 1. The fourth-order valence-corrected chi connectivity index (χ4v) is 4.45. The number of sulfonamides is 1. The summed E-state index contributed by atoms with van der Waals surface area (Å²) in [4.78, 5) is 0.346. The van der Waals surface area contributed by atoms with Crippen LogP contribution in [0.25, 0.3) is 0 Å². The summed E-state index contributed by atoms with van der Waals surface area (Å²) < 4.78 is 27.7. The Labute approximate surface area is 137 Å². The average Bonchev–Trinajstić information content (AvgIpc) is 2.42. The molecule has 0 spiro atoms. The van der Waals surface area contributed by atoms with Crippen LogP contribution in [0.3, 0.4) is 0 Å². The van der Waals surface area contributed by atoms with E-state index < -0.39 is 10.0 Å². The molecule has 0 saturated heterocycles. The second-order valence-corrected chi connectivity index (χ2v) is 8.36. The van der Waals surface area contributed by atoms with E-state index in [-0.39, 0.29) is 0 Å². The van der Waals surface area contributed by atoms with Gasteiger partial charge in [-0.3, -0.25) is 0 Å². The molecule has 0 aliphatic carbocycles. The lowest BCUT2D eigenvalue weighted by molar-refractivity contribution is 0.393. The van der Waals surface area contributed by atoms with Gasteiger partial charge in [-0.1, -0.05) is 26.3 Å². The maximum absolute atomic E-state index is 12.8. The van der Waals surface area contributed by atoms with Crippen LogP contribution in [-0.2, 0) is 16.6 Å². The zero-order valence-corrected chi connectivity index (χ0v) is 15.8. The van der Waals surface area contributed by atoms with Crippen molar-refractivity contribution in [1.29, 1.82) is 0 Å². The largest absolute Gasteiger partial charge is 0.316 e. The highest BCUT2D eigenvalue weighted by Crippen LogP contribution is 2.29. The monoisotopic (exact) mass is 376 g/mol. The van der Waals surface area contributed by atoms with Crippen molar-refractivity contribution in [1.82, 2.24) is 9.62 Å². The second-order valence-electron chi connectivity index (χ2n) is 5.55. The molecule has 1 unspecified atom stereocenters. The Bertz CT molecular complexity index is 588. The van der Waals surface area contributed by atoms with E-state index in [2.05, 4.69) is 35.1 Å². The maximum atomic E-state index is 12.8. The van der Waals surface area contributed by atoms with E-state index in [1.54, 1.807) is 13.1 Å². The van der Waals surface area contributed by atoms with Crippen LogP contribution < -0.4 is 5.32 Å². The highest BCUT2D eigenvalue weighted by atomic mass is 79.9. The fourth-order valence-electron chi connectivity index (χ4n) is 2.14. The summed E-state index contributed by atoms with van der Waals surface area (Å²) in [6.07, 6.45) is 0.958. The van der Waals surface area contributed by atoms with Gasteiger partial charge in [0.15, 0.2) is 0 Å². The quantitative estimate of drug-likeness (QED) is 0.794. The lowest BCUT2D eigenvalue weighted by Gasteiger charge is -2.22. The van der Waals surface area contributed by atoms with Crippen molar-refractivity contribution in [3.05, 3.63) is 27.7 Å². The van der Waals surface area contributed by atoms with E-state index in [1.165, 1.54) is 4.31 Å². The molecule has 0 heterocycles. The average molecular weight is 377 g/mol. The first-order chi connectivity index (χ1) is 9.73. The Morgan fingerprint density at radius 3 is 2.52 bits per heavy atom. The van der Waals surface area contributed by atoms with Gasteiger partial charge in [-0.15, -0.1) is 0 Å². The molecule has 6 heteroatoms. The Morgan fingerprint density at radius 1 is 1.38 bits per heavy atom. The first-order valence-electron chi connectivity index (χ1n) is 7.14. The first kappa shape index (κ1) is 18.6. The molecule has 0 amide bonds. The van der Waals surface area contributed by atoms with Crippen LogP contribution in [0.5, 0.6) is 0 Å². The number of rotatable bonds is 7. The highest BCUT2D eigenvalue weighted by molar-refractivity contribution is 9.10. The van der Waals surface area contributed by atoms with Crippen molar-refractivity contribution in [3.8, 4) is 0 Å². The lowest BCUT2D eigenvalue weighted by atomic mass is 10.1. The topological polar surface area (TPSA) is 49.4 Å². The summed E-state index contributed by atoms with van der Waals surface area (Å²) >= 11 is 3.43. The predicted octanol–water partition coefficient (Wildman–Crippen LogP) is 3.14. The molecule has 1 aromatic carbocycles. The minimum atomic E-state index is -3.48. The van der Waals surface area contributed by atoms with E-state index in [4.69, 9.17) is 0 Å². The molecule has 0 aromatic heterocycles. The van der Waals surface area contributed by atoms with E-state index in [0.29, 0.717) is 28.4 Å². The second kappa shape index (κ2) is 7.72. The summed E-state index contributed by atoms with van der Waals surface area (Å²) in [5.74, 6) is 0.338. The Balaban J connectivity index is 3.24. The van der Waals surface area contributed by atoms with Crippen molar-refractivity contribution in [2.24, 2.45) is 5.92 Å². The molecular weight excluding hydrogens is 352 g/mol.